The number of nitrogens with one attached hydrogen (secondary N) is 1. The molecule has 1 N–H and O–H groups in total. The molecule has 124 valence electrons. The number of thiophene rings is 2. The molecule has 0 saturated heterocycles. The van der Waals surface area contributed by atoms with Crippen molar-refractivity contribution in [3.05, 3.63) is 91.1 Å². The lowest BCUT2D eigenvalue weighted by Crippen LogP contribution is -2.31. The fourth-order valence-electron chi connectivity index (χ4n) is 2.62. The lowest BCUT2D eigenvalue weighted by Gasteiger charge is -2.16. The molecule has 4 aromatic rings. The van der Waals surface area contributed by atoms with Crippen LogP contribution in [0.1, 0.15) is 26.2 Å². The van der Waals surface area contributed by atoms with E-state index in [1.807, 2.05) is 47.2 Å². The third kappa shape index (κ3) is 3.14. The molecular formula is C19H13NO3S2. The van der Waals surface area contributed by atoms with Crippen LogP contribution in [0.2, 0.25) is 0 Å². The summed E-state index contributed by atoms with van der Waals surface area (Å²) < 4.78 is 5.27. The second-order valence-corrected chi connectivity index (χ2v) is 7.38. The Morgan fingerprint density at radius 2 is 1.64 bits per heavy atom. The SMILES string of the molecule is O=C(NC(c1cccs1)c1cccs1)c1cc2ccccc2oc1=O. The first kappa shape index (κ1) is 15.8. The highest BCUT2D eigenvalue weighted by Crippen LogP contribution is 2.29. The number of para-hydroxylation sites is 1. The van der Waals surface area contributed by atoms with Gasteiger partial charge >= 0.3 is 5.63 Å². The van der Waals surface area contributed by atoms with E-state index in [4.69, 9.17) is 4.42 Å². The molecule has 4 rings (SSSR count). The maximum atomic E-state index is 12.7. The van der Waals surface area contributed by atoms with Crippen LogP contribution in [0.3, 0.4) is 0 Å². The van der Waals surface area contributed by atoms with Gasteiger partial charge in [0.25, 0.3) is 5.91 Å². The molecule has 0 spiro atoms. The minimum absolute atomic E-state index is 0.0109. The Kier molecular flexibility index (Phi) is 4.21. The van der Waals surface area contributed by atoms with Crippen molar-refractivity contribution >= 4 is 39.5 Å². The van der Waals surface area contributed by atoms with E-state index in [1.54, 1.807) is 40.9 Å². The van der Waals surface area contributed by atoms with Crippen molar-refractivity contribution in [3.63, 3.8) is 0 Å². The quantitative estimate of drug-likeness (QED) is 0.543. The Morgan fingerprint density at radius 3 is 2.28 bits per heavy atom. The molecule has 1 aromatic carbocycles. The van der Waals surface area contributed by atoms with Gasteiger partial charge in [0.05, 0.1) is 6.04 Å². The van der Waals surface area contributed by atoms with Gasteiger partial charge in [-0.15, -0.1) is 22.7 Å². The van der Waals surface area contributed by atoms with Gasteiger partial charge < -0.3 is 9.73 Å². The summed E-state index contributed by atoms with van der Waals surface area (Å²) in [5.74, 6) is -0.439. The minimum atomic E-state index is -0.632. The first-order chi connectivity index (χ1) is 12.2. The van der Waals surface area contributed by atoms with E-state index in [9.17, 15) is 9.59 Å². The van der Waals surface area contributed by atoms with Gasteiger partial charge in [0.15, 0.2) is 0 Å². The summed E-state index contributed by atoms with van der Waals surface area (Å²) in [6.45, 7) is 0. The van der Waals surface area contributed by atoms with Gasteiger partial charge in [-0.1, -0.05) is 30.3 Å². The average Bonchev–Trinajstić information content (AvgIpc) is 3.32. The van der Waals surface area contributed by atoms with Crippen molar-refractivity contribution in [2.24, 2.45) is 0 Å². The predicted octanol–water partition coefficient (Wildman–Crippen LogP) is 4.44. The molecule has 0 aliphatic carbocycles. The maximum Gasteiger partial charge on any atom is 0.349 e. The number of amides is 1. The fraction of sp³-hybridized carbons (Fsp3) is 0.0526. The third-order valence-electron chi connectivity index (χ3n) is 3.82. The molecule has 0 saturated carbocycles. The van der Waals surface area contributed by atoms with Crippen LogP contribution in [0.15, 0.2) is 74.6 Å². The topological polar surface area (TPSA) is 59.3 Å². The highest BCUT2D eigenvalue weighted by molar-refractivity contribution is 7.11. The van der Waals surface area contributed by atoms with Crippen LogP contribution in [0.4, 0.5) is 0 Å². The zero-order valence-electron chi connectivity index (χ0n) is 13.0. The summed E-state index contributed by atoms with van der Waals surface area (Å²) in [7, 11) is 0. The van der Waals surface area contributed by atoms with E-state index < -0.39 is 11.5 Å². The van der Waals surface area contributed by atoms with Gasteiger partial charge in [-0.3, -0.25) is 4.79 Å². The number of carbonyl (C=O) groups excluding carboxylic acids is 1. The van der Waals surface area contributed by atoms with Crippen LogP contribution in [0.5, 0.6) is 0 Å². The van der Waals surface area contributed by atoms with Gasteiger partial charge in [-0.2, -0.15) is 0 Å². The molecule has 0 atom stereocenters. The van der Waals surface area contributed by atoms with Crippen molar-refractivity contribution in [3.8, 4) is 0 Å². The first-order valence-electron chi connectivity index (χ1n) is 7.63. The number of rotatable bonds is 4. The standard InChI is InChI=1S/C19H13NO3S2/c21-18(13-11-12-5-1-2-6-14(12)23-19(13)22)20-17(15-7-3-9-24-15)16-8-4-10-25-16/h1-11,17H,(H,20,21). The second kappa shape index (κ2) is 6.66. The van der Waals surface area contributed by atoms with Gasteiger partial charge in [0.2, 0.25) is 0 Å². The van der Waals surface area contributed by atoms with Crippen molar-refractivity contribution in [1.29, 1.82) is 0 Å². The van der Waals surface area contributed by atoms with Crippen molar-refractivity contribution in [1.82, 2.24) is 5.32 Å². The van der Waals surface area contributed by atoms with E-state index in [-0.39, 0.29) is 11.6 Å². The van der Waals surface area contributed by atoms with Crippen LogP contribution >= 0.6 is 22.7 Å². The monoisotopic (exact) mass is 367 g/mol. The largest absolute Gasteiger partial charge is 0.422 e. The summed E-state index contributed by atoms with van der Waals surface area (Å²) >= 11 is 3.13. The van der Waals surface area contributed by atoms with Crippen LogP contribution in [0.25, 0.3) is 11.0 Å². The van der Waals surface area contributed by atoms with E-state index in [0.717, 1.165) is 15.1 Å². The number of carbonyl (C=O) groups is 1. The summed E-state index contributed by atoms with van der Waals surface area (Å²) in [5.41, 5.74) is -0.152. The van der Waals surface area contributed by atoms with Crippen LogP contribution in [-0.2, 0) is 0 Å². The highest BCUT2D eigenvalue weighted by atomic mass is 32.1. The number of hydrogen-bond donors (Lipinski definition) is 1. The molecule has 4 nitrogen and oxygen atoms in total. The summed E-state index contributed by atoms with van der Waals surface area (Å²) in [4.78, 5) is 27.0. The minimum Gasteiger partial charge on any atom is -0.422 e. The first-order valence-corrected chi connectivity index (χ1v) is 9.39. The van der Waals surface area contributed by atoms with Gasteiger partial charge in [0, 0.05) is 15.1 Å². The van der Waals surface area contributed by atoms with E-state index in [1.165, 1.54) is 0 Å². The summed E-state index contributed by atoms with van der Waals surface area (Å²) in [6, 6.07) is 16.3. The van der Waals surface area contributed by atoms with E-state index in [2.05, 4.69) is 5.32 Å². The molecule has 3 aromatic heterocycles. The zero-order chi connectivity index (χ0) is 17.2. The van der Waals surface area contributed by atoms with Gasteiger partial charge in [-0.25, -0.2) is 4.79 Å². The molecule has 0 aliphatic rings. The molecule has 0 bridgehead atoms. The Labute approximate surface area is 151 Å². The van der Waals surface area contributed by atoms with E-state index in [0.29, 0.717) is 5.58 Å². The van der Waals surface area contributed by atoms with Gasteiger partial charge in [0.1, 0.15) is 11.1 Å². The summed E-state index contributed by atoms with van der Waals surface area (Å²) in [6.07, 6.45) is 0. The molecule has 0 radical (unpaired) electrons. The number of hydrogen-bond acceptors (Lipinski definition) is 5. The molecule has 0 fully saturated rings. The Morgan fingerprint density at radius 1 is 0.960 bits per heavy atom. The van der Waals surface area contributed by atoms with Crippen LogP contribution in [0, 0.1) is 0 Å². The average molecular weight is 367 g/mol. The predicted molar refractivity (Wildman–Crippen MR) is 100 cm³/mol. The molecule has 0 unspecified atom stereocenters. The van der Waals surface area contributed by atoms with Crippen LogP contribution < -0.4 is 10.9 Å². The smallest absolute Gasteiger partial charge is 0.349 e. The molecule has 6 heteroatoms. The second-order valence-electron chi connectivity index (χ2n) is 5.42. The molecular weight excluding hydrogens is 354 g/mol. The zero-order valence-corrected chi connectivity index (χ0v) is 14.6. The normalized spacial score (nSPS) is 11.1. The Bertz CT molecular complexity index is 1030. The fourth-order valence-corrected chi connectivity index (χ4v) is 4.28. The highest BCUT2D eigenvalue weighted by Gasteiger charge is 2.22. The maximum absolute atomic E-state index is 12.7. The summed E-state index contributed by atoms with van der Waals surface area (Å²) in [5, 5.41) is 7.61. The molecule has 25 heavy (non-hydrogen) atoms. The number of benzene rings is 1. The Balaban J connectivity index is 1.71. The van der Waals surface area contributed by atoms with Gasteiger partial charge in [-0.05, 0) is 35.0 Å². The third-order valence-corrected chi connectivity index (χ3v) is 5.69. The van der Waals surface area contributed by atoms with E-state index >= 15 is 0 Å². The lowest BCUT2D eigenvalue weighted by molar-refractivity contribution is 0.0940. The molecule has 3 heterocycles. The molecule has 0 aliphatic heterocycles. The Hall–Kier alpha value is -2.70. The van der Waals surface area contributed by atoms with Crippen molar-refractivity contribution in [2.45, 2.75) is 6.04 Å². The number of fused-ring (bicyclic) bond motifs is 1. The molecule has 1 amide bonds. The van der Waals surface area contributed by atoms with Crippen LogP contribution in [-0.4, -0.2) is 5.91 Å². The van der Waals surface area contributed by atoms with Crippen molar-refractivity contribution in [2.75, 3.05) is 0 Å². The van der Waals surface area contributed by atoms with Crippen molar-refractivity contribution < 1.29 is 9.21 Å². The lowest BCUT2D eigenvalue weighted by atomic mass is 10.1.